The Kier molecular flexibility index (Phi) is 8.51. The summed E-state index contributed by atoms with van der Waals surface area (Å²) in [4.78, 5) is 14.2. The number of benzene rings is 3. The summed E-state index contributed by atoms with van der Waals surface area (Å²) < 4.78 is 33.1. The quantitative estimate of drug-likeness (QED) is 0.302. The Hall–Kier alpha value is -3.55. The minimum Gasteiger partial charge on any atom is -0.490 e. The first-order valence-electron chi connectivity index (χ1n) is 10.4. The van der Waals surface area contributed by atoms with Gasteiger partial charge in [-0.1, -0.05) is 60.7 Å². The number of nitrogens with zero attached hydrogens (tertiary/aromatic N) is 1. The Morgan fingerprint density at radius 2 is 1.74 bits per heavy atom. The number of sulfonamides is 1. The van der Waals surface area contributed by atoms with Gasteiger partial charge in [-0.15, -0.1) is 0 Å². The first kappa shape index (κ1) is 25.1. The zero-order valence-electron chi connectivity index (χ0n) is 18.6. The predicted molar refractivity (Wildman–Crippen MR) is 136 cm³/mol. The van der Waals surface area contributed by atoms with Crippen molar-refractivity contribution in [2.45, 2.75) is 11.4 Å². The van der Waals surface area contributed by atoms with Gasteiger partial charge in [0, 0.05) is 19.7 Å². The van der Waals surface area contributed by atoms with E-state index in [9.17, 15) is 13.2 Å². The molecule has 0 unspecified atom stereocenters. The molecule has 3 rings (SSSR count). The maximum atomic E-state index is 12.6. The van der Waals surface area contributed by atoms with Crippen LogP contribution in [0.1, 0.15) is 11.1 Å². The number of carbonyl (C=O) groups is 1. The third-order valence-corrected chi connectivity index (χ3v) is 6.53. The van der Waals surface area contributed by atoms with Crippen LogP contribution in [0, 0.1) is 0 Å². The summed E-state index contributed by atoms with van der Waals surface area (Å²) in [5.74, 6) is 0.564. The number of amides is 1. The van der Waals surface area contributed by atoms with Crippen LogP contribution in [-0.4, -0.2) is 32.9 Å². The molecule has 3 aromatic rings. The van der Waals surface area contributed by atoms with Crippen molar-refractivity contribution in [3.8, 4) is 5.75 Å². The number of likely N-dealkylation sites (N-methyl/N-ethyl adjacent to an activating group) is 1. The van der Waals surface area contributed by atoms with Gasteiger partial charge in [0.1, 0.15) is 12.4 Å². The monoisotopic (exact) mass is 496 g/mol. The van der Waals surface area contributed by atoms with Gasteiger partial charge < -0.3 is 9.64 Å². The average Bonchev–Trinajstić information content (AvgIpc) is 2.83. The van der Waals surface area contributed by atoms with Crippen LogP contribution in [0.15, 0.2) is 96.4 Å². The molecule has 1 N–H and O–H groups in total. The van der Waals surface area contributed by atoms with Crippen molar-refractivity contribution >= 4 is 39.3 Å². The van der Waals surface area contributed by atoms with E-state index in [2.05, 4.69) is 11.3 Å². The predicted octanol–water partition coefficient (Wildman–Crippen LogP) is 5.38. The lowest BCUT2D eigenvalue weighted by molar-refractivity contribution is -0.125. The smallest absolute Gasteiger partial charge is 0.261 e. The molecule has 0 aliphatic heterocycles. The highest BCUT2D eigenvalue weighted by molar-refractivity contribution is 7.92. The van der Waals surface area contributed by atoms with Gasteiger partial charge in [0.25, 0.3) is 10.0 Å². The second-order valence-electron chi connectivity index (χ2n) is 7.43. The van der Waals surface area contributed by atoms with E-state index >= 15 is 0 Å². The van der Waals surface area contributed by atoms with Crippen molar-refractivity contribution in [2.24, 2.45) is 0 Å². The van der Waals surface area contributed by atoms with E-state index in [4.69, 9.17) is 16.3 Å². The molecule has 1 amide bonds. The van der Waals surface area contributed by atoms with Crippen LogP contribution < -0.4 is 9.46 Å². The third-order valence-electron chi connectivity index (χ3n) is 4.81. The molecule has 0 fully saturated rings. The molecule has 34 heavy (non-hydrogen) atoms. The number of para-hydroxylation sites is 1. The summed E-state index contributed by atoms with van der Waals surface area (Å²) in [5, 5.41) is 0.310. The van der Waals surface area contributed by atoms with E-state index in [1.807, 2.05) is 24.3 Å². The van der Waals surface area contributed by atoms with Crippen molar-refractivity contribution in [3.63, 3.8) is 0 Å². The van der Waals surface area contributed by atoms with E-state index in [-0.39, 0.29) is 10.8 Å². The minimum atomic E-state index is -3.79. The number of ether oxygens (including phenoxy) is 1. The normalized spacial score (nSPS) is 11.2. The van der Waals surface area contributed by atoms with Gasteiger partial charge in [-0.05, 0) is 53.6 Å². The molecular formula is C26H25ClN2O4S. The number of hydrogen-bond acceptors (Lipinski definition) is 4. The lowest BCUT2D eigenvalue weighted by Crippen LogP contribution is -2.24. The van der Waals surface area contributed by atoms with Crippen LogP contribution in [0.4, 0.5) is 5.69 Å². The van der Waals surface area contributed by atoms with Crippen molar-refractivity contribution in [2.75, 3.05) is 18.4 Å². The lowest BCUT2D eigenvalue weighted by Gasteiger charge is -2.15. The van der Waals surface area contributed by atoms with Crippen molar-refractivity contribution in [3.05, 3.63) is 108 Å². The van der Waals surface area contributed by atoms with E-state index in [0.29, 0.717) is 29.4 Å². The molecule has 0 aliphatic carbocycles. The summed E-state index contributed by atoms with van der Waals surface area (Å²) >= 11 is 6.03. The number of anilines is 1. The zero-order chi connectivity index (χ0) is 24.6. The van der Waals surface area contributed by atoms with Crippen molar-refractivity contribution in [1.29, 1.82) is 0 Å². The van der Waals surface area contributed by atoms with Gasteiger partial charge in [-0.25, -0.2) is 8.42 Å². The first-order chi connectivity index (χ1) is 16.3. The Morgan fingerprint density at radius 3 is 2.38 bits per heavy atom. The number of nitrogens with one attached hydrogen (secondary N) is 1. The van der Waals surface area contributed by atoms with Gasteiger partial charge in [-0.3, -0.25) is 9.52 Å². The van der Waals surface area contributed by atoms with Crippen molar-refractivity contribution < 1.29 is 17.9 Å². The Morgan fingerprint density at radius 1 is 1.06 bits per heavy atom. The van der Waals surface area contributed by atoms with E-state index in [0.717, 1.165) is 11.3 Å². The number of carbonyl (C=O) groups excluding carboxylic acids is 1. The molecular weight excluding hydrogens is 472 g/mol. The number of hydrogen-bond donors (Lipinski definition) is 1. The topological polar surface area (TPSA) is 75.7 Å². The highest BCUT2D eigenvalue weighted by atomic mass is 35.5. The molecule has 6 nitrogen and oxygen atoms in total. The second kappa shape index (κ2) is 11.5. The molecule has 0 radical (unpaired) electrons. The minimum absolute atomic E-state index is 0.0912. The van der Waals surface area contributed by atoms with Crippen LogP contribution in [0.25, 0.3) is 6.08 Å². The molecule has 0 spiro atoms. The van der Waals surface area contributed by atoms with Gasteiger partial charge in [0.05, 0.1) is 15.6 Å². The summed E-state index contributed by atoms with van der Waals surface area (Å²) in [6.45, 7) is 4.49. The van der Waals surface area contributed by atoms with E-state index in [1.165, 1.54) is 18.2 Å². The number of halogens is 1. The molecule has 3 aromatic carbocycles. The zero-order valence-corrected chi connectivity index (χ0v) is 20.2. The Bertz CT molecular complexity index is 1270. The van der Waals surface area contributed by atoms with E-state index in [1.54, 1.807) is 60.5 Å². The second-order valence-corrected chi connectivity index (χ2v) is 9.52. The van der Waals surface area contributed by atoms with Crippen LogP contribution in [0.2, 0.25) is 5.02 Å². The first-order valence-corrected chi connectivity index (χ1v) is 12.3. The SMILES string of the molecule is C=CCOc1ccc(CN(C)C(=O)C=Cc2ccc(S(=O)(=O)Nc3ccccc3Cl)cc2)cc1. The van der Waals surface area contributed by atoms with E-state index < -0.39 is 10.0 Å². The number of rotatable bonds is 10. The van der Waals surface area contributed by atoms with Crippen LogP contribution >= 0.6 is 11.6 Å². The van der Waals surface area contributed by atoms with Crippen molar-refractivity contribution in [1.82, 2.24) is 4.90 Å². The third kappa shape index (κ3) is 6.97. The fraction of sp³-hybridized carbons (Fsp3) is 0.115. The molecule has 176 valence electrons. The van der Waals surface area contributed by atoms with Gasteiger partial charge in [-0.2, -0.15) is 0 Å². The van der Waals surface area contributed by atoms with Crippen LogP contribution in [0.3, 0.4) is 0 Å². The molecule has 0 saturated heterocycles. The molecule has 0 bridgehead atoms. The maximum Gasteiger partial charge on any atom is 0.261 e. The summed E-state index contributed by atoms with van der Waals surface area (Å²) in [6.07, 6.45) is 4.77. The molecule has 0 aromatic heterocycles. The maximum absolute atomic E-state index is 12.6. The largest absolute Gasteiger partial charge is 0.490 e. The molecule has 0 atom stereocenters. The molecule has 0 aliphatic rings. The summed E-state index contributed by atoms with van der Waals surface area (Å²) in [5.41, 5.74) is 1.97. The van der Waals surface area contributed by atoms with Crippen LogP contribution in [0.5, 0.6) is 5.75 Å². The average molecular weight is 497 g/mol. The molecule has 8 heteroatoms. The highest BCUT2D eigenvalue weighted by Gasteiger charge is 2.15. The van der Waals surface area contributed by atoms with Gasteiger partial charge in [0.15, 0.2) is 0 Å². The molecule has 0 saturated carbocycles. The lowest BCUT2D eigenvalue weighted by atomic mass is 10.2. The van der Waals surface area contributed by atoms with Crippen LogP contribution in [-0.2, 0) is 21.4 Å². The Balaban J connectivity index is 1.59. The fourth-order valence-corrected chi connectivity index (χ4v) is 4.32. The summed E-state index contributed by atoms with van der Waals surface area (Å²) in [6, 6.07) is 20.3. The Labute approximate surface area is 205 Å². The highest BCUT2D eigenvalue weighted by Crippen LogP contribution is 2.24. The summed E-state index contributed by atoms with van der Waals surface area (Å²) in [7, 11) is -2.07. The van der Waals surface area contributed by atoms with Gasteiger partial charge in [0.2, 0.25) is 5.91 Å². The standard InChI is InChI=1S/C26H25ClN2O4S/c1-3-18-33-22-13-8-21(9-14-22)19-29(2)26(30)17-12-20-10-15-23(16-11-20)34(31,32)28-25-7-5-4-6-24(25)27/h3-17,28H,1,18-19H2,2H3. The molecule has 0 heterocycles. The fourth-order valence-electron chi connectivity index (χ4n) is 3.00. The van der Waals surface area contributed by atoms with Gasteiger partial charge >= 0.3 is 0 Å².